The summed E-state index contributed by atoms with van der Waals surface area (Å²) >= 11 is 0. The maximum absolute atomic E-state index is 12.7. The van der Waals surface area contributed by atoms with Crippen molar-refractivity contribution in [2.24, 2.45) is 23.2 Å². The van der Waals surface area contributed by atoms with Crippen LogP contribution in [0.2, 0.25) is 0 Å². The van der Waals surface area contributed by atoms with Crippen LogP contribution in [0.1, 0.15) is 57.9 Å². The Morgan fingerprint density at radius 3 is 2.15 bits per heavy atom. The summed E-state index contributed by atoms with van der Waals surface area (Å²) in [5, 5.41) is 12.1. The van der Waals surface area contributed by atoms with Crippen molar-refractivity contribution in [2.75, 3.05) is 0 Å². The van der Waals surface area contributed by atoms with Gasteiger partial charge >= 0.3 is 0 Å². The van der Waals surface area contributed by atoms with Gasteiger partial charge in [-0.05, 0) is 99.8 Å². The van der Waals surface area contributed by atoms with Gasteiger partial charge in [-0.1, -0.05) is 0 Å². The molecule has 4 fully saturated rings. The second kappa shape index (κ2) is 6.61. The predicted molar refractivity (Wildman–Crippen MR) is 99.5 cm³/mol. The molecule has 1 amide bonds. The van der Waals surface area contributed by atoms with Crippen LogP contribution in [0.3, 0.4) is 0 Å². The highest BCUT2D eigenvalue weighted by Gasteiger charge is 2.53. The molecule has 0 aromatic heterocycles. The van der Waals surface area contributed by atoms with Gasteiger partial charge in [0.15, 0.2) is 6.10 Å². The number of carbonyl (C=O) groups is 1. The normalized spacial score (nSPS) is 34.0. The van der Waals surface area contributed by atoms with Crippen LogP contribution in [-0.4, -0.2) is 18.1 Å². The van der Waals surface area contributed by atoms with E-state index in [4.69, 9.17) is 10.00 Å². The Labute approximate surface area is 155 Å². The molecule has 26 heavy (non-hydrogen) atoms. The zero-order valence-corrected chi connectivity index (χ0v) is 15.7. The average Bonchev–Trinajstić information content (AvgIpc) is 2.61. The number of amides is 1. The Hall–Kier alpha value is -2.02. The van der Waals surface area contributed by atoms with Crippen molar-refractivity contribution < 1.29 is 9.53 Å². The minimum absolute atomic E-state index is 0.0439. The number of hydrogen-bond acceptors (Lipinski definition) is 3. The lowest BCUT2D eigenvalue weighted by molar-refractivity contribution is -0.131. The fourth-order valence-corrected chi connectivity index (χ4v) is 6.06. The summed E-state index contributed by atoms with van der Waals surface area (Å²) in [6, 6.07) is 9.18. The summed E-state index contributed by atoms with van der Waals surface area (Å²) in [5.74, 6) is 3.22. The monoisotopic (exact) mass is 352 g/mol. The highest BCUT2D eigenvalue weighted by atomic mass is 16.5. The Morgan fingerprint density at radius 1 is 1.12 bits per heavy atom. The van der Waals surface area contributed by atoms with Crippen molar-refractivity contribution in [1.82, 2.24) is 5.32 Å². The van der Waals surface area contributed by atoms with E-state index in [2.05, 4.69) is 18.3 Å². The van der Waals surface area contributed by atoms with Crippen LogP contribution in [0.25, 0.3) is 0 Å². The molecule has 0 radical (unpaired) electrons. The SMILES string of the molecule is CC(Oc1ccc(C#N)cc1)C(=O)NC(C)C12CC3CC(CC(C3)C1)C2. The topological polar surface area (TPSA) is 62.1 Å². The van der Waals surface area contributed by atoms with Crippen LogP contribution in [0.4, 0.5) is 0 Å². The van der Waals surface area contributed by atoms with Gasteiger partial charge in [0.1, 0.15) is 5.75 Å². The molecule has 4 aliphatic carbocycles. The Bertz CT molecular complexity index is 683. The molecule has 2 atom stereocenters. The van der Waals surface area contributed by atoms with E-state index in [-0.39, 0.29) is 11.9 Å². The number of benzene rings is 1. The number of nitrogens with zero attached hydrogens (tertiary/aromatic N) is 1. The number of carbonyl (C=O) groups excluding carboxylic acids is 1. The lowest BCUT2D eigenvalue weighted by Crippen LogP contribution is -2.57. The van der Waals surface area contributed by atoms with E-state index in [0.717, 1.165) is 17.8 Å². The lowest BCUT2D eigenvalue weighted by Gasteiger charge is -2.59. The molecule has 0 aliphatic heterocycles. The summed E-state index contributed by atoms with van der Waals surface area (Å²) in [7, 11) is 0. The third-order valence-corrected chi connectivity index (χ3v) is 7.03. The van der Waals surface area contributed by atoms with Crippen molar-refractivity contribution >= 4 is 5.91 Å². The third-order valence-electron chi connectivity index (χ3n) is 7.03. The average molecular weight is 352 g/mol. The molecule has 4 heteroatoms. The molecule has 0 spiro atoms. The molecule has 0 saturated heterocycles. The molecule has 4 saturated carbocycles. The molecule has 1 N–H and O–H groups in total. The van der Waals surface area contributed by atoms with Crippen LogP contribution in [-0.2, 0) is 4.79 Å². The molecule has 4 aliphatic rings. The number of ether oxygens (including phenoxy) is 1. The molecule has 5 rings (SSSR count). The standard InChI is InChI=1S/C22H28N2O2/c1-14(26-20-5-3-16(13-23)4-6-20)21(25)24-15(2)22-10-17-7-18(11-22)9-19(8-17)12-22/h3-6,14-15,17-19H,7-12H2,1-2H3,(H,24,25). The Morgan fingerprint density at radius 2 is 1.65 bits per heavy atom. The summed E-state index contributed by atoms with van der Waals surface area (Å²) in [4.78, 5) is 12.7. The summed E-state index contributed by atoms with van der Waals surface area (Å²) in [6.07, 6.45) is 7.55. The second-order valence-corrected chi connectivity index (χ2v) is 8.91. The number of nitriles is 1. The van der Waals surface area contributed by atoms with Gasteiger partial charge < -0.3 is 10.1 Å². The minimum Gasteiger partial charge on any atom is -0.481 e. The van der Waals surface area contributed by atoms with Gasteiger partial charge in [0.05, 0.1) is 11.6 Å². The molecule has 4 nitrogen and oxygen atoms in total. The molecule has 2 unspecified atom stereocenters. The first-order chi connectivity index (χ1) is 12.5. The lowest BCUT2D eigenvalue weighted by atomic mass is 9.48. The van der Waals surface area contributed by atoms with Gasteiger partial charge in [0.25, 0.3) is 5.91 Å². The van der Waals surface area contributed by atoms with E-state index in [1.54, 1.807) is 31.2 Å². The first-order valence-electron chi connectivity index (χ1n) is 9.94. The minimum atomic E-state index is -0.542. The van der Waals surface area contributed by atoms with Crippen molar-refractivity contribution in [3.05, 3.63) is 29.8 Å². The number of hydrogen-bond donors (Lipinski definition) is 1. The quantitative estimate of drug-likeness (QED) is 0.870. The zero-order chi connectivity index (χ0) is 18.3. The van der Waals surface area contributed by atoms with E-state index in [0.29, 0.717) is 16.7 Å². The maximum Gasteiger partial charge on any atom is 0.261 e. The van der Waals surface area contributed by atoms with Crippen LogP contribution in [0, 0.1) is 34.5 Å². The second-order valence-electron chi connectivity index (χ2n) is 8.91. The van der Waals surface area contributed by atoms with Gasteiger partial charge in [-0.3, -0.25) is 4.79 Å². The largest absolute Gasteiger partial charge is 0.481 e. The van der Waals surface area contributed by atoms with E-state index < -0.39 is 6.10 Å². The van der Waals surface area contributed by atoms with Crippen LogP contribution in [0.15, 0.2) is 24.3 Å². The molecule has 1 aromatic carbocycles. The van der Waals surface area contributed by atoms with Crippen molar-refractivity contribution in [3.8, 4) is 11.8 Å². The predicted octanol–water partition coefficient (Wildman–Crippen LogP) is 4.05. The molecular formula is C22H28N2O2. The smallest absolute Gasteiger partial charge is 0.261 e. The van der Waals surface area contributed by atoms with Gasteiger partial charge in [0.2, 0.25) is 0 Å². The molecule has 4 bridgehead atoms. The van der Waals surface area contributed by atoms with E-state index in [1.165, 1.54) is 38.5 Å². The van der Waals surface area contributed by atoms with Crippen molar-refractivity contribution in [1.29, 1.82) is 5.26 Å². The Kier molecular flexibility index (Phi) is 4.42. The van der Waals surface area contributed by atoms with Crippen LogP contribution >= 0.6 is 0 Å². The summed E-state index contributed by atoms with van der Waals surface area (Å²) < 4.78 is 5.77. The fourth-order valence-electron chi connectivity index (χ4n) is 6.06. The van der Waals surface area contributed by atoms with E-state index in [9.17, 15) is 4.79 Å². The molecule has 138 valence electrons. The zero-order valence-electron chi connectivity index (χ0n) is 15.7. The van der Waals surface area contributed by atoms with Gasteiger partial charge in [-0.25, -0.2) is 0 Å². The highest BCUT2D eigenvalue weighted by Crippen LogP contribution is 2.61. The summed E-state index contributed by atoms with van der Waals surface area (Å²) in [6.45, 7) is 3.99. The molecule has 1 aromatic rings. The fraction of sp³-hybridized carbons (Fsp3) is 0.636. The maximum atomic E-state index is 12.7. The van der Waals surface area contributed by atoms with Crippen molar-refractivity contribution in [2.45, 2.75) is 64.5 Å². The Balaban J connectivity index is 1.37. The third kappa shape index (κ3) is 3.20. The summed E-state index contributed by atoms with van der Waals surface area (Å²) in [5.41, 5.74) is 0.892. The molecule has 0 heterocycles. The van der Waals surface area contributed by atoms with Crippen LogP contribution in [0.5, 0.6) is 5.75 Å². The van der Waals surface area contributed by atoms with Crippen molar-refractivity contribution in [3.63, 3.8) is 0 Å². The first kappa shape index (κ1) is 17.4. The van der Waals surface area contributed by atoms with Gasteiger partial charge in [-0.15, -0.1) is 0 Å². The van der Waals surface area contributed by atoms with Gasteiger partial charge in [-0.2, -0.15) is 5.26 Å². The first-order valence-corrected chi connectivity index (χ1v) is 9.94. The molecular weight excluding hydrogens is 324 g/mol. The van der Waals surface area contributed by atoms with E-state index in [1.807, 2.05) is 0 Å². The number of nitrogens with one attached hydrogen (secondary N) is 1. The van der Waals surface area contributed by atoms with Crippen LogP contribution < -0.4 is 10.1 Å². The highest BCUT2D eigenvalue weighted by molar-refractivity contribution is 5.81. The van der Waals surface area contributed by atoms with Gasteiger partial charge in [0, 0.05) is 6.04 Å². The van der Waals surface area contributed by atoms with E-state index >= 15 is 0 Å². The number of rotatable bonds is 5.